The SMILES string of the molecule is CC(C)CCc1sc(NC(=O)c2cc(NC(=O)c3ccc(C=Cc4cc5ccccc5nc4Cl)cc3)cn2C)nc1C(=O)NCCN1CCOCC1. The van der Waals surface area contributed by atoms with Crippen LogP contribution >= 0.6 is 22.9 Å². The van der Waals surface area contributed by atoms with Crippen molar-refractivity contribution in [1.29, 1.82) is 0 Å². The molecule has 1 saturated heterocycles. The van der Waals surface area contributed by atoms with E-state index in [0.29, 0.717) is 65.0 Å². The highest BCUT2D eigenvalue weighted by Gasteiger charge is 2.22. The molecule has 11 nitrogen and oxygen atoms in total. The summed E-state index contributed by atoms with van der Waals surface area (Å²) in [7, 11) is 1.73. The second kappa shape index (κ2) is 17.1. The smallest absolute Gasteiger partial charge is 0.274 e. The third kappa shape index (κ3) is 9.51. The lowest BCUT2D eigenvalue weighted by Crippen LogP contribution is -2.41. The minimum atomic E-state index is -0.399. The zero-order valence-corrected chi connectivity index (χ0v) is 31.0. The number of halogens is 1. The summed E-state index contributed by atoms with van der Waals surface area (Å²) >= 11 is 7.71. The molecule has 0 aliphatic carbocycles. The standard InChI is InChI=1S/C39H42ClN7O4S/c1-25(2)8-15-33-34(38(50)41-16-17-47-18-20-51-21-19-47)44-39(52-33)45-37(49)32-23-30(24-46(32)3)42-36(48)27-12-9-26(10-13-27)11-14-29-22-28-6-4-5-7-31(28)43-35(29)40/h4-7,9-14,22-25H,8,15-21H2,1-3H3,(H,41,50)(H,42,48)(H,44,45,49). The van der Waals surface area contributed by atoms with Crippen molar-refractivity contribution in [3.8, 4) is 0 Å². The predicted molar refractivity (Wildman–Crippen MR) is 208 cm³/mol. The Kier molecular flexibility index (Phi) is 12.1. The molecule has 0 unspecified atom stereocenters. The van der Waals surface area contributed by atoms with Crippen molar-refractivity contribution in [2.24, 2.45) is 13.0 Å². The first-order chi connectivity index (χ1) is 25.1. The maximum atomic E-state index is 13.4. The van der Waals surface area contributed by atoms with Gasteiger partial charge in [-0.15, -0.1) is 11.3 Å². The highest BCUT2D eigenvalue weighted by molar-refractivity contribution is 7.16. The van der Waals surface area contributed by atoms with E-state index in [1.807, 2.05) is 54.6 Å². The first kappa shape index (κ1) is 36.9. The van der Waals surface area contributed by atoms with Crippen LogP contribution in [0.5, 0.6) is 0 Å². The van der Waals surface area contributed by atoms with Gasteiger partial charge >= 0.3 is 0 Å². The first-order valence-electron chi connectivity index (χ1n) is 17.3. The fraction of sp³-hybridized carbons (Fsp3) is 0.308. The van der Waals surface area contributed by atoms with E-state index in [1.165, 1.54) is 11.3 Å². The Morgan fingerprint density at radius 2 is 1.73 bits per heavy atom. The van der Waals surface area contributed by atoms with E-state index in [4.69, 9.17) is 16.3 Å². The van der Waals surface area contributed by atoms with Crippen molar-refractivity contribution in [3.05, 3.63) is 105 Å². The summed E-state index contributed by atoms with van der Waals surface area (Å²) in [6.45, 7) is 8.60. The Hall–Kier alpha value is -4.88. The van der Waals surface area contributed by atoms with Gasteiger partial charge in [-0.2, -0.15) is 0 Å². The molecule has 3 amide bonds. The molecule has 13 heteroatoms. The second-order valence-electron chi connectivity index (χ2n) is 13.1. The van der Waals surface area contributed by atoms with E-state index >= 15 is 0 Å². The number of nitrogens with zero attached hydrogens (tertiary/aromatic N) is 4. The number of thiazole rings is 1. The van der Waals surface area contributed by atoms with Crippen LogP contribution in [0.15, 0.2) is 66.9 Å². The fourth-order valence-electron chi connectivity index (χ4n) is 5.79. The lowest BCUT2D eigenvalue weighted by Gasteiger charge is -2.26. The van der Waals surface area contributed by atoms with Gasteiger partial charge in [0.25, 0.3) is 17.7 Å². The van der Waals surface area contributed by atoms with Gasteiger partial charge in [-0.3, -0.25) is 24.6 Å². The number of amides is 3. The van der Waals surface area contributed by atoms with Crippen molar-refractivity contribution < 1.29 is 19.1 Å². The van der Waals surface area contributed by atoms with Crippen molar-refractivity contribution in [2.45, 2.75) is 26.7 Å². The molecule has 0 bridgehead atoms. The molecule has 3 aromatic heterocycles. The third-order valence-corrected chi connectivity index (χ3v) is 10.1. The highest BCUT2D eigenvalue weighted by Crippen LogP contribution is 2.27. The number of carbonyl (C=O) groups excluding carboxylic acids is 3. The van der Waals surface area contributed by atoms with Gasteiger partial charge < -0.3 is 19.9 Å². The Bertz CT molecular complexity index is 2080. The van der Waals surface area contributed by atoms with Crippen LogP contribution in [0.25, 0.3) is 23.1 Å². The summed E-state index contributed by atoms with van der Waals surface area (Å²) in [5, 5.41) is 10.5. The molecule has 1 aliphatic heterocycles. The van der Waals surface area contributed by atoms with E-state index in [-0.39, 0.29) is 11.8 Å². The van der Waals surface area contributed by atoms with Crippen LogP contribution in [-0.2, 0) is 18.2 Å². The molecule has 0 spiro atoms. The van der Waals surface area contributed by atoms with Crippen LogP contribution in [-0.4, -0.2) is 76.5 Å². The monoisotopic (exact) mass is 739 g/mol. The normalized spacial score (nSPS) is 13.6. The fourth-order valence-corrected chi connectivity index (χ4v) is 6.97. The Labute approximate surface area is 312 Å². The summed E-state index contributed by atoms with van der Waals surface area (Å²) in [5.41, 5.74) is 4.13. The summed E-state index contributed by atoms with van der Waals surface area (Å²) in [6, 6.07) is 18.6. The molecule has 2 aromatic carbocycles. The molecule has 1 aliphatic rings. The van der Waals surface area contributed by atoms with Gasteiger partial charge in [-0.25, -0.2) is 9.97 Å². The van der Waals surface area contributed by atoms with Crippen LogP contribution in [0.4, 0.5) is 10.8 Å². The quantitative estimate of drug-likeness (QED) is 0.111. The molecule has 52 heavy (non-hydrogen) atoms. The van der Waals surface area contributed by atoms with E-state index in [0.717, 1.165) is 53.0 Å². The molecule has 1 fully saturated rings. The number of rotatable bonds is 13. The topological polar surface area (TPSA) is 130 Å². The molecule has 5 aromatic rings. The second-order valence-corrected chi connectivity index (χ2v) is 14.5. The Balaban J connectivity index is 1.07. The number of nitrogens with one attached hydrogen (secondary N) is 3. The average Bonchev–Trinajstić information content (AvgIpc) is 3.72. The lowest BCUT2D eigenvalue weighted by atomic mass is 10.1. The molecule has 6 rings (SSSR count). The summed E-state index contributed by atoms with van der Waals surface area (Å²) in [5.74, 6) is -0.510. The number of benzene rings is 2. The third-order valence-electron chi connectivity index (χ3n) is 8.73. The van der Waals surface area contributed by atoms with Gasteiger partial charge in [0.05, 0.1) is 24.4 Å². The van der Waals surface area contributed by atoms with E-state index in [2.05, 4.69) is 44.7 Å². The van der Waals surface area contributed by atoms with E-state index < -0.39 is 5.91 Å². The summed E-state index contributed by atoms with van der Waals surface area (Å²) in [6.07, 6.45) is 7.07. The molecule has 4 heterocycles. The van der Waals surface area contributed by atoms with Gasteiger partial charge in [0, 0.05) is 60.8 Å². The van der Waals surface area contributed by atoms with Crippen LogP contribution in [0.3, 0.4) is 0 Å². The van der Waals surface area contributed by atoms with Gasteiger partial charge in [-0.05, 0) is 54.7 Å². The predicted octanol–water partition coefficient (Wildman–Crippen LogP) is 7.01. The first-order valence-corrected chi connectivity index (χ1v) is 18.5. The molecular formula is C39H42ClN7O4S. The molecule has 3 N–H and O–H groups in total. The number of hydrogen-bond acceptors (Lipinski definition) is 8. The number of carbonyl (C=O) groups is 3. The van der Waals surface area contributed by atoms with Crippen LogP contribution in [0.1, 0.15) is 67.6 Å². The molecule has 0 atom stereocenters. The maximum absolute atomic E-state index is 13.4. The van der Waals surface area contributed by atoms with Crippen molar-refractivity contribution in [2.75, 3.05) is 50.0 Å². The average molecular weight is 740 g/mol. The summed E-state index contributed by atoms with van der Waals surface area (Å²) < 4.78 is 7.04. The van der Waals surface area contributed by atoms with Crippen molar-refractivity contribution in [3.63, 3.8) is 0 Å². The van der Waals surface area contributed by atoms with Crippen LogP contribution in [0, 0.1) is 5.92 Å². The zero-order valence-electron chi connectivity index (χ0n) is 29.4. The number of anilines is 2. The van der Waals surface area contributed by atoms with Gasteiger partial charge in [0.1, 0.15) is 16.5 Å². The molecule has 0 saturated carbocycles. The van der Waals surface area contributed by atoms with Crippen LogP contribution in [0.2, 0.25) is 5.15 Å². The molecular weight excluding hydrogens is 698 g/mol. The van der Waals surface area contributed by atoms with Gasteiger partial charge in [0.2, 0.25) is 0 Å². The number of aryl methyl sites for hydroxylation is 2. The number of pyridine rings is 1. The van der Waals surface area contributed by atoms with Crippen LogP contribution < -0.4 is 16.0 Å². The number of morpholine rings is 1. The number of fused-ring (bicyclic) bond motifs is 1. The number of hydrogen-bond donors (Lipinski definition) is 3. The minimum absolute atomic E-state index is 0.247. The zero-order chi connectivity index (χ0) is 36.6. The van der Waals surface area contributed by atoms with E-state index in [1.54, 1.807) is 36.0 Å². The van der Waals surface area contributed by atoms with E-state index in [9.17, 15) is 14.4 Å². The maximum Gasteiger partial charge on any atom is 0.274 e. The highest BCUT2D eigenvalue weighted by atomic mass is 35.5. The minimum Gasteiger partial charge on any atom is -0.379 e. The molecule has 0 radical (unpaired) electrons. The Morgan fingerprint density at radius 1 is 0.962 bits per heavy atom. The van der Waals surface area contributed by atoms with Gasteiger partial charge in [0.15, 0.2) is 5.13 Å². The van der Waals surface area contributed by atoms with Crippen molar-refractivity contribution >= 4 is 74.5 Å². The number of aromatic nitrogens is 3. The molecule has 270 valence electrons. The largest absolute Gasteiger partial charge is 0.379 e. The lowest BCUT2D eigenvalue weighted by molar-refractivity contribution is 0.0383. The van der Waals surface area contributed by atoms with Gasteiger partial charge in [-0.1, -0.05) is 67.9 Å². The Morgan fingerprint density at radius 3 is 2.50 bits per heavy atom. The van der Waals surface area contributed by atoms with Crippen molar-refractivity contribution in [1.82, 2.24) is 24.8 Å². The number of ether oxygens (including phenoxy) is 1. The summed E-state index contributed by atoms with van der Waals surface area (Å²) in [4.78, 5) is 51.8. The number of para-hydroxylation sites is 1.